The fourth-order valence-corrected chi connectivity index (χ4v) is 0.617. The number of carboxylic acids is 1. The lowest BCUT2D eigenvalue weighted by Crippen LogP contribution is -2.46. The summed E-state index contributed by atoms with van der Waals surface area (Å²) >= 11 is 0. The summed E-state index contributed by atoms with van der Waals surface area (Å²) in [6.07, 6.45) is 0. The number of amides is 2. The van der Waals surface area contributed by atoms with Crippen LogP contribution in [0.1, 0.15) is 0 Å². The molecule has 0 aromatic carbocycles. The highest BCUT2D eigenvalue weighted by atomic mass is 16.4. The number of nitrogens with two attached hydrogens (primary N) is 1. The average Bonchev–Trinajstić information content (AvgIpc) is 2.20. The van der Waals surface area contributed by atoms with Crippen molar-refractivity contribution in [2.75, 3.05) is 19.6 Å². The van der Waals surface area contributed by atoms with Crippen LogP contribution in [-0.2, 0) is 4.79 Å². The first-order valence-corrected chi connectivity index (χ1v) is 4.09. The highest BCUT2D eigenvalue weighted by Gasteiger charge is 2.11. The molecule has 0 saturated heterocycles. The predicted octanol–water partition coefficient (Wildman–Crippen LogP) is -0.992. The number of carboxylic acid groups (broad SMARTS) is 1. The van der Waals surface area contributed by atoms with Crippen LogP contribution in [0.15, 0.2) is 5.11 Å². The standard InChI is InChI=1S/C6H12N6O3/c7-4(5(13)14)3-10-6(15)9-1-2-11-12-8/h4H,1-3,7H2,(H,13,14)(H2,9,10,15)/t4-/m0/s1. The Kier molecular flexibility index (Phi) is 6.43. The molecule has 0 aliphatic carbocycles. The number of urea groups is 1. The monoisotopic (exact) mass is 216 g/mol. The van der Waals surface area contributed by atoms with E-state index in [-0.39, 0.29) is 19.6 Å². The molecule has 84 valence electrons. The quantitative estimate of drug-likeness (QED) is 0.195. The van der Waals surface area contributed by atoms with Crippen LogP contribution in [-0.4, -0.2) is 42.8 Å². The fourth-order valence-electron chi connectivity index (χ4n) is 0.617. The molecule has 0 unspecified atom stereocenters. The van der Waals surface area contributed by atoms with Gasteiger partial charge in [-0.15, -0.1) is 0 Å². The van der Waals surface area contributed by atoms with Crippen LogP contribution in [0.5, 0.6) is 0 Å². The molecule has 5 N–H and O–H groups in total. The summed E-state index contributed by atoms with van der Waals surface area (Å²) in [5.41, 5.74) is 13.0. The van der Waals surface area contributed by atoms with Gasteiger partial charge in [-0.2, -0.15) is 0 Å². The molecule has 0 bridgehead atoms. The van der Waals surface area contributed by atoms with E-state index in [2.05, 4.69) is 20.7 Å². The van der Waals surface area contributed by atoms with Crippen molar-refractivity contribution in [1.82, 2.24) is 10.6 Å². The first-order valence-electron chi connectivity index (χ1n) is 4.09. The number of rotatable bonds is 6. The van der Waals surface area contributed by atoms with Crippen LogP contribution in [0.2, 0.25) is 0 Å². The molecule has 0 rings (SSSR count). The van der Waals surface area contributed by atoms with Gasteiger partial charge in [0.05, 0.1) is 0 Å². The van der Waals surface area contributed by atoms with Crippen molar-refractivity contribution in [3.63, 3.8) is 0 Å². The van der Waals surface area contributed by atoms with Crippen LogP contribution < -0.4 is 16.4 Å². The predicted molar refractivity (Wildman–Crippen MR) is 51.0 cm³/mol. The molecule has 0 aliphatic rings. The highest BCUT2D eigenvalue weighted by molar-refractivity contribution is 5.77. The van der Waals surface area contributed by atoms with Crippen LogP contribution in [0.3, 0.4) is 0 Å². The summed E-state index contributed by atoms with van der Waals surface area (Å²) in [5, 5.41) is 16.2. The third kappa shape index (κ3) is 7.11. The lowest BCUT2D eigenvalue weighted by Gasteiger charge is -2.08. The van der Waals surface area contributed by atoms with Gasteiger partial charge in [0.1, 0.15) is 6.04 Å². The van der Waals surface area contributed by atoms with Crippen LogP contribution in [0.25, 0.3) is 10.4 Å². The Balaban J connectivity index is 3.57. The maximum absolute atomic E-state index is 10.9. The summed E-state index contributed by atoms with van der Waals surface area (Å²) in [6.45, 7) is 0.149. The van der Waals surface area contributed by atoms with Crippen molar-refractivity contribution < 1.29 is 14.7 Å². The Bertz CT molecular complexity index is 274. The highest BCUT2D eigenvalue weighted by Crippen LogP contribution is 1.76. The first kappa shape index (κ1) is 13.0. The Morgan fingerprint density at radius 3 is 2.73 bits per heavy atom. The van der Waals surface area contributed by atoms with E-state index in [1.54, 1.807) is 0 Å². The molecule has 0 spiro atoms. The van der Waals surface area contributed by atoms with Crippen molar-refractivity contribution in [1.29, 1.82) is 0 Å². The minimum absolute atomic E-state index is 0.134. The summed E-state index contributed by atoms with van der Waals surface area (Å²) in [4.78, 5) is 23.7. The number of azide groups is 1. The maximum atomic E-state index is 10.9. The first-order chi connectivity index (χ1) is 7.07. The molecule has 0 aromatic rings. The van der Waals surface area contributed by atoms with Crippen LogP contribution >= 0.6 is 0 Å². The van der Waals surface area contributed by atoms with Gasteiger partial charge in [0.2, 0.25) is 0 Å². The molecule has 9 nitrogen and oxygen atoms in total. The van der Waals surface area contributed by atoms with Crippen molar-refractivity contribution in [3.8, 4) is 0 Å². The van der Waals surface area contributed by atoms with Crippen molar-refractivity contribution >= 4 is 12.0 Å². The lowest BCUT2D eigenvalue weighted by molar-refractivity contribution is -0.138. The third-order valence-electron chi connectivity index (χ3n) is 1.36. The van der Waals surface area contributed by atoms with E-state index in [9.17, 15) is 9.59 Å². The number of carbonyl (C=O) groups excluding carboxylic acids is 1. The fraction of sp³-hybridized carbons (Fsp3) is 0.667. The Morgan fingerprint density at radius 1 is 1.53 bits per heavy atom. The van der Waals surface area contributed by atoms with Crippen molar-refractivity contribution in [2.24, 2.45) is 10.8 Å². The van der Waals surface area contributed by atoms with Gasteiger partial charge in [-0.1, -0.05) is 5.11 Å². The van der Waals surface area contributed by atoms with E-state index in [1.807, 2.05) is 0 Å². The number of aliphatic carboxylic acids is 1. The van der Waals surface area contributed by atoms with Gasteiger partial charge in [0, 0.05) is 24.5 Å². The SMILES string of the molecule is [N-]=[N+]=NCCNC(=O)NC[C@H](N)C(=O)O. The van der Waals surface area contributed by atoms with Crippen LogP contribution in [0, 0.1) is 0 Å². The van der Waals surface area contributed by atoms with Gasteiger partial charge in [0.25, 0.3) is 0 Å². The summed E-state index contributed by atoms with van der Waals surface area (Å²) in [6, 6.07) is -1.69. The maximum Gasteiger partial charge on any atom is 0.322 e. The topological polar surface area (TPSA) is 153 Å². The van der Waals surface area contributed by atoms with Gasteiger partial charge >= 0.3 is 12.0 Å². The number of carbonyl (C=O) groups is 2. The van der Waals surface area contributed by atoms with Crippen molar-refractivity contribution in [2.45, 2.75) is 6.04 Å². The molecule has 0 aliphatic heterocycles. The van der Waals surface area contributed by atoms with Gasteiger partial charge in [0.15, 0.2) is 0 Å². The van der Waals surface area contributed by atoms with E-state index in [4.69, 9.17) is 16.4 Å². The summed E-state index contributed by atoms with van der Waals surface area (Å²) < 4.78 is 0. The molecule has 9 heteroatoms. The molecule has 1 atom stereocenters. The van der Waals surface area contributed by atoms with E-state index >= 15 is 0 Å². The Labute approximate surface area is 85.3 Å². The Hall–Kier alpha value is -1.99. The van der Waals surface area contributed by atoms with E-state index in [1.165, 1.54) is 0 Å². The molecular formula is C6H12N6O3. The largest absolute Gasteiger partial charge is 0.480 e. The third-order valence-corrected chi connectivity index (χ3v) is 1.36. The van der Waals surface area contributed by atoms with Crippen molar-refractivity contribution in [3.05, 3.63) is 10.4 Å². The zero-order valence-corrected chi connectivity index (χ0v) is 7.88. The minimum atomic E-state index is -1.19. The molecule has 0 aromatic heterocycles. The van der Waals surface area contributed by atoms with E-state index in [0.717, 1.165) is 0 Å². The molecule has 0 heterocycles. The number of nitrogens with one attached hydrogen (secondary N) is 2. The van der Waals surface area contributed by atoms with Gasteiger partial charge in [-0.25, -0.2) is 4.79 Å². The molecular weight excluding hydrogens is 204 g/mol. The van der Waals surface area contributed by atoms with Gasteiger partial charge in [-0.3, -0.25) is 4.79 Å². The number of hydrogen-bond donors (Lipinski definition) is 4. The number of nitrogens with zero attached hydrogens (tertiary/aromatic N) is 3. The molecule has 0 saturated carbocycles. The Morgan fingerprint density at radius 2 is 2.20 bits per heavy atom. The second-order valence-corrected chi connectivity index (χ2v) is 2.54. The second kappa shape index (κ2) is 7.42. The molecule has 2 amide bonds. The van der Waals surface area contributed by atoms with Gasteiger partial charge < -0.3 is 21.5 Å². The zero-order chi connectivity index (χ0) is 11.7. The van der Waals surface area contributed by atoms with Crippen LogP contribution in [0.4, 0.5) is 4.79 Å². The number of hydrogen-bond acceptors (Lipinski definition) is 4. The molecule has 0 fully saturated rings. The van der Waals surface area contributed by atoms with Gasteiger partial charge in [-0.05, 0) is 5.53 Å². The summed E-state index contributed by atoms with van der Waals surface area (Å²) in [5.74, 6) is -1.19. The zero-order valence-electron chi connectivity index (χ0n) is 7.88. The lowest BCUT2D eigenvalue weighted by atomic mass is 10.3. The smallest absolute Gasteiger partial charge is 0.322 e. The second-order valence-electron chi connectivity index (χ2n) is 2.54. The van der Waals surface area contributed by atoms with E-state index in [0.29, 0.717) is 0 Å². The normalized spacial score (nSPS) is 11.0. The minimum Gasteiger partial charge on any atom is -0.480 e. The van der Waals surface area contributed by atoms with E-state index < -0.39 is 18.0 Å². The average molecular weight is 216 g/mol. The molecule has 0 radical (unpaired) electrons. The summed E-state index contributed by atoms with van der Waals surface area (Å²) in [7, 11) is 0. The molecule has 15 heavy (non-hydrogen) atoms.